The lowest BCUT2D eigenvalue weighted by atomic mass is 10.1. The fourth-order valence-electron chi connectivity index (χ4n) is 3.17. The summed E-state index contributed by atoms with van der Waals surface area (Å²) < 4.78 is 0. The Balaban J connectivity index is 1.64. The first-order chi connectivity index (χ1) is 13.2. The first kappa shape index (κ1) is 17.2. The largest absolute Gasteiger partial charge is 0.399 e. The lowest BCUT2D eigenvalue weighted by Crippen LogP contribution is -2.50. The summed E-state index contributed by atoms with van der Waals surface area (Å²) in [5.74, 6) is 2.19. The third-order valence-electron chi connectivity index (χ3n) is 4.50. The van der Waals surface area contributed by atoms with Crippen molar-refractivity contribution in [3.05, 3.63) is 49.1 Å². The first-order valence-corrected chi connectivity index (χ1v) is 8.93. The Labute approximate surface area is 157 Å². The van der Waals surface area contributed by atoms with Crippen LogP contribution < -0.4 is 21.3 Å². The van der Waals surface area contributed by atoms with Gasteiger partial charge in [0.2, 0.25) is 0 Å². The maximum absolute atomic E-state index is 6.10. The number of nitrogen functional groups attached to an aromatic ring is 1. The summed E-state index contributed by atoms with van der Waals surface area (Å²) in [5.41, 5.74) is 8.49. The van der Waals surface area contributed by atoms with Crippen molar-refractivity contribution >= 4 is 23.1 Å². The molecule has 138 valence electrons. The molecule has 1 atom stereocenters. The molecule has 1 fully saturated rings. The number of rotatable bonds is 4. The molecule has 0 saturated carbocycles. The predicted octanol–water partition coefficient (Wildman–Crippen LogP) is 2.06. The molecule has 0 bridgehead atoms. The SMILES string of the molecule is C[C@H]1CNCCN1c1cc(-c2cc(N)cc(Nc3cnccn3)n2)ccn1. The zero-order valence-electron chi connectivity index (χ0n) is 15.1. The van der Waals surface area contributed by atoms with E-state index in [1.54, 1.807) is 24.7 Å². The van der Waals surface area contributed by atoms with E-state index in [4.69, 9.17) is 5.73 Å². The van der Waals surface area contributed by atoms with Gasteiger partial charge in [-0.2, -0.15) is 0 Å². The van der Waals surface area contributed by atoms with Crippen LogP contribution in [-0.2, 0) is 0 Å². The van der Waals surface area contributed by atoms with Crippen LogP contribution in [0.2, 0.25) is 0 Å². The number of nitrogens with one attached hydrogen (secondary N) is 2. The molecule has 0 aliphatic carbocycles. The molecule has 4 N–H and O–H groups in total. The Hall–Kier alpha value is -3.26. The highest BCUT2D eigenvalue weighted by molar-refractivity contribution is 5.70. The van der Waals surface area contributed by atoms with Crippen molar-refractivity contribution in [2.75, 3.05) is 35.6 Å². The number of anilines is 4. The van der Waals surface area contributed by atoms with Crippen molar-refractivity contribution in [3.8, 4) is 11.3 Å². The zero-order valence-corrected chi connectivity index (χ0v) is 15.1. The van der Waals surface area contributed by atoms with Crippen LogP contribution in [0.4, 0.5) is 23.1 Å². The summed E-state index contributed by atoms with van der Waals surface area (Å²) in [6.07, 6.45) is 6.71. The highest BCUT2D eigenvalue weighted by atomic mass is 15.3. The van der Waals surface area contributed by atoms with Crippen LogP contribution in [0.25, 0.3) is 11.3 Å². The average Bonchev–Trinajstić information content (AvgIpc) is 2.69. The number of hydrogen-bond donors (Lipinski definition) is 3. The van der Waals surface area contributed by atoms with Crippen molar-refractivity contribution in [2.45, 2.75) is 13.0 Å². The molecule has 8 nitrogen and oxygen atoms in total. The second-order valence-corrected chi connectivity index (χ2v) is 6.54. The summed E-state index contributed by atoms with van der Waals surface area (Å²) in [6.45, 7) is 5.04. The van der Waals surface area contributed by atoms with Gasteiger partial charge in [-0.1, -0.05) is 0 Å². The summed E-state index contributed by atoms with van der Waals surface area (Å²) in [7, 11) is 0. The van der Waals surface area contributed by atoms with Gasteiger partial charge in [0, 0.05) is 61.6 Å². The van der Waals surface area contributed by atoms with Crippen LogP contribution in [0.3, 0.4) is 0 Å². The molecule has 8 heteroatoms. The lowest BCUT2D eigenvalue weighted by Gasteiger charge is -2.35. The standard InChI is InChI=1S/C19H22N8/c1-13-11-22-6-7-27(13)19-8-14(2-3-24-19)16-9-15(20)10-17(25-16)26-18-12-21-4-5-23-18/h2-5,8-10,12-13,22H,6-7,11H2,1H3,(H3,20,23,25,26)/t13-/m0/s1. The molecule has 4 rings (SSSR count). The molecule has 0 amide bonds. The van der Waals surface area contributed by atoms with Gasteiger partial charge in [-0.3, -0.25) is 4.98 Å². The Bertz CT molecular complexity index is 915. The van der Waals surface area contributed by atoms with Gasteiger partial charge >= 0.3 is 0 Å². The number of piperazine rings is 1. The van der Waals surface area contributed by atoms with Gasteiger partial charge in [0.15, 0.2) is 0 Å². The Morgan fingerprint density at radius 3 is 2.89 bits per heavy atom. The topological polar surface area (TPSA) is 105 Å². The third kappa shape index (κ3) is 3.95. The molecule has 27 heavy (non-hydrogen) atoms. The summed E-state index contributed by atoms with van der Waals surface area (Å²) >= 11 is 0. The van der Waals surface area contributed by atoms with Crippen molar-refractivity contribution < 1.29 is 0 Å². The van der Waals surface area contributed by atoms with Crippen molar-refractivity contribution in [3.63, 3.8) is 0 Å². The van der Waals surface area contributed by atoms with Crippen LogP contribution in [0.15, 0.2) is 49.1 Å². The average molecular weight is 362 g/mol. The number of pyridine rings is 2. The molecule has 1 aliphatic heterocycles. The van der Waals surface area contributed by atoms with E-state index >= 15 is 0 Å². The predicted molar refractivity (Wildman–Crippen MR) is 107 cm³/mol. The van der Waals surface area contributed by atoms with E-state index in [9.17, 15) is 0 Å². The van der Waals surface area contributed by atoms with Crippen molar-refractivity contribution in [1.82, 2.24) is 25.3 Å². The fourth-order valence-corrected chi connectivity index (χ4v) is 3.17. The second kappa shape index (κ2) is 7.55. The minimum atomic E-state index is 0.393. The lowest BCUT2D eigenvalue weighted by molar-refractivity contribution is 0.497. The van der Waals surface area contributed by atoms with E-state index in [0.29, 0.717) is 23.4 Å². The quantitative estimate of drug-likeness (QED) is 0.648. The molecule has 1 aliphatic rings. The molecule has 0 aromatic carbocycles. The Morgan fingerprint density at radius 2 is 2.07 bits per heavy atom. The molecule has 0 radical (unpaired) electrons. The van der Waals surface area contributed by atoms with E-state index in [2.05, 4.69) is 48.5 Å². The maximum Gasteiger partial charge on any atom is 0.150 e. The molecule has 0 spiro atoms. The van der Waals surface area contributed by atoms with Gasteiger partial charge in [0.05, 0.1) is 11.9 Å². The molecule has 4 heterocycles. The van der Waals surface area contributed by atoms with Crippen LogP contribution in [0.5, 0.6) is 0 Å². The Kier molecular flexibility index (Phi) is 4.80. The maximum atomic E-state index is 6.10. The summed E-state index contributed by atoms with van der Waals surface area (Å²) in [5, 5.41) is 6.54. The molecule has 0 unspecified atom stereocenters. The number of hydrogen-bond acceptors (Lipinski definition) is 8. The minimum Gasteiger partial charge on any atom is -0.399 e. The van der Waals surface area contributed by atoms with Gasteiger partial charge < -0.3 is 21.3 Å². The molecule has 1 saturated heterocycles. The molecule has 3 aromatic rings. The van der Waals surface area contributed by atoms with Crippen LogP contribution in [0, 0.1) is 0 Å². The highest BCUT2D eigenvalue weighted by Gasteiger charge is 2.19. The van der Waals surface area contributed by atoms with Crippen LogP contribution >= 0.6 is 0 Å². The smallest absolute Gasteiger partial charge is 0.150 e. The first-order valence-electron chi connectivity index (χ1n) is 8.93. The van der Waals surface area contributed by atoms with Gasteiger partial charge in [0.25, 0.3) is 0 Å². The van der Waals surface area contributed by atoms with E-state index in [1.807, 2.05) is 18.3 Å². The van der Waals surface area contributed by atoms with E-state index in [0.717, 1.165) is 36.7 Å². The van der Waals surface area contributed by atoms with Gasteiger partial charge in [-0.25, -0.2) is 15.0 Å². The summed E-state index contributed by atoms with van der Waals surface area (Å²) in [4.78, 5) is 19.8. The van der Waals surface area contributed by atoms with E-state index in [-0.39, 0.29) is 0 Å². The number of aromatic nitrogens is 4. The van der Waals surface area contributed by atoms with Crippen LogP contribution in [-0.4, -0.2) is 45.6 Å². The second-order valence-electron chi connectivity index (χ2n) is 6.54. The number of nitrogens with two attached hydrogens (primary N) is 1. The highest BCUT2D eigenvalue weighted by Crippen LogP contribution is 2.26. The zero-order chi connectivity index (χ0) is 18.6. The van der Waals surface area contributed by atoms with Gasteiger partial charge in [0.1, 0.15) is 17.5 Å². The van der Waals surface area contributed by atoms with E-state index in [1.165, 1.54) is 0 Å². The molecular weight excluding hydrogens is 340 g/mol. The minimum absolute atomic E-state index is 0.393. The van der Waals surface area contributed by atoms with Gasteiger partial charge in [-0.05, 0) is 25.1 Å². The number of nitrogens with zero attached hydrogens (tertiary/aromatic N) is 5. The fraction of sp³-hybridized carbons (Fsp3) is 0.263. The van der Waals surface area contributed by atoms with Crippen molar-refractivity contribution in [1.29, 1.82) is 0 Å². The third-order valence-corrected chi connectivity index (χ3v) is 4.50. The van der Waals surface area contributed by atoms with E-state index < -0.39 is 0 Å². The van der Waals surface area contributed by atoms with Crippen LogP contribution in [0.1, 0.15) is 6.92 Å². The Morgan fingerprint density at radius 1 is 1.15 bits per heavy atom. The molecular formula is C19H22N8. The normalized spacial score (nSPS) is 16.9. The molecule has 3 aromatic heterocycles. The van der Waals surface area contributed by atoms with Crippen molar-refractivity contribution in [2.24, 2.45) is 0 Å². The van der Waals surface area contributed by atoms with Gasteiger partial charge in [-0.15, -0.1) is 0 Å². The summed E-state index contributed by atoms with van der Waals surface area (Å²) in [6, 6.07) is 8.05. The monoisotopic (exact) mass is 362 g/mol.